The first kappa shape index (κ1) is 40.4. The number of hydrogen-bond donors (Lipinski definition) is 0. The number of ketones is 1. The van der Waals surface area contributed by atoms with Crippen LogP contribution in [-0.2, 0) is 15.9 Å². The average Bonchev–Trinajstić information content (AvgIpc) is 3.55. The molecule has 6 atom stereocenters. The molecule has 0 unspecified atom stereocenters. The van der Waals surface area contributed by atoms with Crippen molar-refractivity contribution in [2.75, 3.05) is 0 Å². The monoisotopic (exact) mass is 733 g/mol. The van der Waals surface area contributed by atoms with Crippen molar-refractivity contribution in [2.45, 2.75) is 174 Å². The van der Waals surface area contributed by atoms with Gasteiger partial charge in [-0.05, 0) is 136 Å². The van der Waals surface area contributed by atoms with Crippen LogP contribution in [0, 0.1) is 23.2 Å². The Morgan fingerprint density at radius 1 is 0.980 bits per heavy atom. The third-order valence-electron chi connectivity index (χ3n) is 14.4. The van der Waals surface area contributed by atoms with Gasteiger partial charge in [-0.15, -0.1) is 0 Å². The van der Waals surface area contributed by atoms with Crippen LogP contribution < -0.4 is 0 Å². The topological polar surface area (TPSA) is 53.4 Å². The molecule has 1 aromatic carbocycles. The molecule has 1 aromatic heterocycles. The first-order valence-corrected chi connectivity index (χ1v) is 26.1. The van der Waals surface area contributed by atoms with Crippen molar-refractivity contribution in [1.29, 1.82) is 0 Å². The summed E-state index contributed by atoms with van der Waals surface area (Å²) in [4.78, 5) is 17.9. The Balaban J connectivity index is 1.26. The van der Waals surface area contributed by atoms with Gasteiger partial charge in [-0.1, -0.05) is 90.8 Å². The molecule has 5 nitrogen and oxygen atoms in total. The van der Waals surface area contributed by atoms with Gasteiger partial charge in [0.1, 0.15) is 0 Å². The first-order chi connectivity index (χ1) is 23.6. The van der Waals surface area contributed by atoms with E-state index in [1.165, 1.54) is 37.7 Å². The van der Waals surface area contributed by atoms with Crippen LogP contribution >= 0.6 is 0 Å². The molecule has 284 valence electrons. The molecular formula is C44H72N2O3Si2. The van der Waals surface area contributed by atoms with Gasteiger partial charge in [0.2, 0.25) is 0 Å². The number of carbonyl (C=O) groups is 1. The van der Waals surface area contributed by atoms with Gasteiger partial charge in [0.15, 0.2) is 28.2 Å². The summed E-state index contributed by atoms with van der Waals surface area (Å²) in [5.74, 6) is 2.76. The second-order valence-electron chi connectivity index (χ2n) is 20.1. The second-order valence-corrected chi connectivity index (χ2v) is 29.6. The number of rotatable bonds is 11. The van der Waals surface area contributed by atoms with Gasteiger partial charge in [0.25, 0.3) is 0 Å². The van der Waals surface area contributed by atoms with E-state index in [0.29, 0.717) is 35.4 Å². The summed E-state index contributed by atoms with van der Waals surface area (Å²) < 4.78 is 16.2. The highest BCUT2D eigenvalue weighted by atomic mass is 28.4. The van der Waals surface area contributed by atoms with E-state index in [1.54, 1.807) is 5.57 Å². The lowest BCUT2D eigenvalue weighted by Gasteiger charge is -2.45. The maximum absolute atomic E-state index is 13.2. The van der Waals surface area contributed by atoms with E-state index in [-0.39, 0.29) is 28.1 Å². The lowest BCUT2D eigenvalue weighted by Crippen LogP contribution is -2.48. The number of Topliss-reactive ketones (excluding diaryl/α,β-unsaturated/α-hetero) is 1. The molecule has 2 aromatic rings. The zero-order chi connectivity index (χ0) is 37.6. The Morgan fingerprint density at radius 3 is 2.18 bits per heavy atom. The van der Waals surface area contributed by atoms with Crippen molar-refractivity contribution in [1.82, 2.24) is 9.55 Å². The van der Waals surface area contributed by atoms with E-state index in [1.807, 2.05) is 35.9 Å². The standard InChI is InChI=1S/C44H72N2O3Si2/c1-31(18-16-22-40(47)41-45-38-20-14-15-21-39(38)46(41)9)36-25-26-37-33(19-17-27-44(36,37)8)24-23-32-28-34(48-50(10,11)42(2,3)4)30-35(29-32)49-51(12,13)43(5,6)7/h14-15,20-21,23-24,31,34-37H,16-19,22,25-30H2,1-13H3/b33-24+/t31-,34-,35-,36-,37+,44-/m1/s1. The molecule has 0 N–H and O–H groups in total. The highest BCUT2D eigenvalue weighted by Gasteiger charge is 2.50. The highest BCUT2D eigenvalue weighted by Crippen LogP contribution is 2.60. The molecule has 5 rings (SSSR count). The van der Waals surface area contributed by atoms with E-state index in [2.05, 4.69) is 98.7 Å². The van der Waals surface area contributed by atoms with Gasteiger partial charge in [0, 0.05) is 13.5 Å². The van der Waals surface area contributed by atoms with Crippen molar-refractivity contribution in [2.24, 2.45) is 30.2 Å². The van der Waals surface area contributed by atoms with Crippen LogP contribution in [0.4, 0.5) is 0 Å². The fraction of sp³-hybridized carbons (Fsp3) is 0.727. The van der Waals surface area contributed by atoms with Crippen LogP contribution in [0.25, 0.3) is 11.0 Å². The first-order valence-electron chi connectivity index (χ1n) is 20.3. The molecule has 3 aliphatic rings. The Labute approximate surface area is 313 Å². The van der Waals surface area contributed by atoms with E-state index in [9.17, 15) is 4.79 Å². The molecule has 51 heavy (non-hydrogen) atoms. The molecule has 3 aliphatic carbocycles. The molecule has 1 heterocycles. The molecule has 0 aliphatic heterocycles. The number of nitrogens with zero attached hydrogens (tertiary/aromatic N) is 2. The number of carbonyl (C=O) groups excluding carboxylic acids is 1. The molecule has 7 heteroatoms. The van der Waals surface area contributed by atoms with Crippen molar-refractivity contribution in [3.05, 3.63) is 53.4 Å². The minimum Gasteiger partial charge on any atom is -0.414 e. The highest BCUT2D eigenvalue weighted by molar-refractivity contribution is 6.74. The van der Waals surface area contributed by atoms with Gasteiger partial charge >= 0.3 is 0 Å². The number of imidazole rings is 1. The summed E-state index contributed by atoms with van der Waals surface area (Å²) in [6, 6.07) is 8.03. The minimum atomic E-state index is -1.90. The minimum absolute atomic E-state index is 0.170. The van der Waals surface area contributed by atoms with Crippen molar-refractivity contribution >= 4 is 33.5 Å². The molecule has 0 spiro atoms. The van der Waals surface area contributed by atoms with E-state index in [0.717, 1.165) is 43.1 Å². The normalized spacial score (nSPS) is 27.9. The SMILES string of the molecule is C[C@H](CCCC(=O)c1nc2ccccc2n1C)[C@H]1CC[C@H]2/C(=C/C=C3C[C@@H](O[Si](C)(C)C(C)(C)C)C[C@H](O[Si](C)(C)C(C)(C)C)C3)CCC[C@]12C. The Kier molecular flexibility index (Phi) is 12.0. The number of aryl methyl sites for hydroxylation is 1. The van der Waals surface area contributed by atoms with Crippen LogP contribution in [0.2, 0.25) is 36.3 Å². The molecular weight excluding hydrogens is 661 g/mol. The van der Waals surface area contributed by atoms with Crippen LogP contribution in [0.3, 0.4) is 0 Å². The summed E-state index contributed by atoms with van der Waals surface area (Å²) in [6.45, 7) is 28.8. The fourth-order valence-electron chi connectivity index (χ4n) is 9.36. The molecule has 0 radical (unpaired) electrons. The molecule has 0 bridgehead atoms. The van der Waals surface area contributed by atoms with Gasteiger partial charge in [-0.2, -0.15) is 0 Å². The Hall–Kier alpha value is -1.81. The number of aromatic nitrogens is 2. The van der Waals surface area contributed by atoms with Crippen molar-refractivity contribution in [3.63, 3.8) is 0 Å². The van der Waals surface area contributed by atoms with E-state index >= 15 is 0 Å². The van der Waals surface area contributed by atoms with Gasteiger partial charge in [0.05, 0.1) is 23.2 Å². The smallest absolute Gasteiger partial charge is 0.198 e. The third-order valence-corrected chi connectivity index (χ3v) is 23.5. The molecule has 3 saturated carbocycles. The van der Waals surface area contributed by atoms with E-state index in [4.69, 9.17) is 8.85 Å². The van der Waals surface area contributed by atoms with E-state index < -0.39 is 16.6 Å². The number of para-hydroxylation sites is 2. The lowest BCUT2D eigenvalue weighted by molar-refractivity contribution is 0.0724. The number of allylic oxidation sites excluding steroid dienone is 3. The van der Waals surface area contributed by atoms with Crippen LogP contribution in [0.5, 0.6) is 0 Å². The van der Waals surface area contributed by atoms with Crippen LogP contribution in [-0.4, -0.2) is 44.2 Å². The van der Waals surface area contributed by atoms with Crippen LogP contribution in [0.1, 0.15) is 137 Å². The summed E-state index contributed by atoms with van der Waals surface area (Å²) in [5, 5.41) is 0.386. The van der Waals surface area contributed by atoms with Crippen molar-refractivity contribution < 1.29 is 13.6 Å². The Morgan fingerprint density at radius 2 is 1.59 bits per heavy atom. The van der Waals surface area contributed by atoms with Gasteiger partial charge < -0.3 is 13.4 Å². The average molecular weight is 733 g/mol. The predicted octanol–water partition coefficient (Wildman–Crippen LogP) is 12.6. The molecule has 3 fully saturated rings. The number of hydrogen-bond acceptors (Lipinski definition) is 4. The van der Waals surface area contributed by atoms with Crippen LogP contribution in [0.15, 0.2) is 47.6 Å². The fourth-order valence-corrected chi connectivity index (χ4v) is 12.1. The predicted molar refractivity (Wildman–Crippen MR) is 220 cm³/mol. The lowest BCUT2D eigenvalue weighted by atomic mass is 9.60. The maximum Gasteiger partial charge on any atom is 0.198 e. The summed E-state index contributed by atoms with van der Waals surface area (Å²) in [7, 11) is -1.84. The zero-order valence-corrected chi connectivity index (χ0v) is 36.7. The number of benzene rings is 1. The van der Waals surface area contributed by atoms with Gasteiger partial charge in [-0.25, -0.2) is 4.98 Å². The molecule has 0 saturated heterocycles. The quantitative estimate of drug-likeness (QED) is 0.170. The van der Waals surface area contributed by atoms with Crippen molar-refractivity contribution in [3.8, 4) is 0 Å². The molecule has 0 amide bonds. The third kappa shape index (κ3) is 8.79. The summed E-state index contributed by atoms with van der Waals surface area (Å²) >= 11 is 0. The zero-order valence-electron chi connectivity index (χ0n) is 34.7. The van der Waals surface area contributed by atoms with Gasteiger partial charge in [-0.3, -0.25) is 4.79 Å². The largest absolute Gasteiger partial charge is 0.414 e. The summed E-state index contributed by atoms with van der Waals surface area (Å²) in [5.41, 5.74) is 5.47. The number of fused-ring (bicyclic) bond motifs is 2. The Bertz CT molecular complexity index is 1570. The summed E-state index contributed by atoms with van der Waals surface area (Å²) in [6.07, 6.45) is 17.7. The maximum atomic E-state index is 13.2. The second kappa shape index (κ2) is 15.1.